The average molecular weight is 598 g/mol. The van der Waals surface area contributed by atoms with Gasteiger partial charge in [-0.25, -0.2) is 5.01 Å². The standard InChI is InChI=1S/C23H24Br3N3O/c1-2-9-28-10-7-23(8-11-28)29-21(18-12-17(25)13-19(26)22(18)30-23)14-20(27-29)15-3-5-16(24)6-4-15/h3-6,12-13,21H,2,7-11,14H2,1H3/t21-/m0/s1. The van der Waals surface area contributed by atoms with E-state index in [1.807, 2.05) is 0 Å². The molecule has 2 aromatic carbocycles. The van der Waals surface area contributed by atoms with Gasteiger partial charge in [-0.2, -0.15) is 5.10 Å². The summed E-state index contributed by atoms with van der Waals surface area (Å²) in [5.41, 5.74) is 3.14. The molecule has 0 bridgehead atoms. The third-order valence-electron chi connectivity index (χ3n) is 6.37. The maximum atomic E-state index is 6.81. The van der Waals surface area contributed by atoms with E-state index in [9.17, 15) is 0 Å². The van der Waals surface area contributed by atoms with E-state index < -0.39 is 0 Å². The van der Waals surface area contributed by atoms with Crippen LogP contribution >= 0.6 is 47.8 Å². The lowest BCUT2D eigenvalue weighted by Crippen LogP contribution is -2.59. The van der Waals surface area contributed by atoms with E-state index in [1.54, 1.807) is 0 Å². The molecule has 1 spiro atoms. The van der Waals surface area contributed by atoms with E-state index in [0.717, 1.165) is 63.8 Å². The molecule has 0 aliphatic carbocycles. The lowest BCUT2D eigenvalue weighted by Gasteiger charge is -2.51. The number of hydrogen-bond acceptors (Lipinski definition) is 4. The van der Waals surface area contributed by atoms with Crippen molar-refractivity contribution in [3.8, 4) is 5.75 Å². The molecule has 3 heterocycles. The predicted octanol–water partition coefficient (Wildman–Crippen LogP) is 6.72. The number of hydrogen-bond donors (Lipinski definition) is 0. The molecule has 0 unspecified atom stereocenters. The highest BCUT2D eigenvalue weighted by Gasteiger charge is 2.52. The number of fused-ring (bicyclic) bond motifs is 4. The highest BCUT2D eigenvalue weighted by Crippen LogP contribution is 2.52. The van der Waals surface area contributed by atoms with Crippen LogP contribution in [0, 0.1) is 0 Å². The van der Waals surface area contributed by atoms with Crippen molar-refractivity contribution in [1.82, 2.24) is 9.91 Å². The molecule has 3 aliphatic rings. The summed E-state index contributed by atoms with van der Waals surface area (Å²) in [5.74, 6) is 0.982. The summed E-state index contributed by atoms with van der Waals surface area (Å²) in [4.78, 5) is 2.55. The number of nitrogens with zero attached hydrogens (tertiary/aromatic N) is 3. The normalized spacial score (nSPS) is 22.5. The Morgan fingerprint density at radius 1 is 1.07 bits per heavy atom. The van der Waals surface area contributed by atoms with Crippen LogP contribution < -0.4 is 4.74 Å². The van der Waals surface area contributed by atoms with Gasteiger partial charge in [-0.15, -0.1) is 0 Å². The van der Waals surface area contributed by atoms with Crippen LogP contribution in [0.5, 0.6) is 5.75 Å². The van der Waals surface area contributed by atoms with Crippen molar-refractivity contribution in [2.45, 2.75) is 44.4 Å². The number of rotatable bonds is 3. The second-order valence-electron chi connectivity index (χ2n) is 8.31. The molecular formula is C23H24Br3N3O. The average Bonchev–Trinajstić information content (AvgIpc) is 3.18. The van der Waals surface area contributed by atoms with Crippen LogP contribution in [0.1, 0.15) is 49.8 Å². The van der Waals surface area contributed by atoms with E-state index in [1.165, 1.54) is 17.5 Å². The zero-order valence-electron chi connectivity index (χ0n) is 16.9. The summed E-state index contributed by atoms with van der Waals surface area (Å²) < 4.78 is 9.96. The number of benzene rings is 2. The van der Waals surface area contributed by atoms with E-state index in [4.69, 9.17) is 9.84 Å². The number of piperidine rings is 1. The first-order valence-electron chi connectivity index (χ1n) is 10.5. The van der Waals surface area contributed by atoms with Gasteiger partial charge in [0.15, 0.2) is 0 Å². The van der Waals surface area contributed by atoms with Crippen molar-refractivity contribution in [1.29, 1.82) is 0 Å². The zero-order valence-corrected chi connectivity index (χ0v) is 21.6. The fourth-order valence-electron chi connectivity index (χ4n) is 4.89. The topological polar surface area (TPSA) is 28.1 Å². The van der Waals surface area contributed by atoms with Crippen molar-refractivity contribution >= 4 is 53.5 Å². The van der Waals surface area contributed by atoms with Gasteiger partial charge in [0.1, 0.15) is 5.75 Å². The van der Waals surface area contributed by atoms with Gasteiger partial charge in [0.25, 0.3) is 0 Å². The van der Waals surface area contributed by atoms with Gasteiger partial charge in [-0.3, -0.25) is 0 Å². The van der Waals surface area contributed by atoms with E-state index in [-0.39, 0.29) is 11.8 Å². The fraction of sp³-hybridized carbons (Fsp3) is 0.435. The van der Waals surface area contributed by atoms with Crippen molar-refractivity contribution < 1.29 is 4.74 Å². The van der Waals surface area contributed by atoms with Gasteiger partial charge in [-0.1, -0.05) is 50.9 Å². The number of likely N-dealkylation sites (tertiary alicyclic amines) is 1. The highest BCUT2D eigenvalue weighted by atomic mass is 79.9. The maximum absolute atomic E-state index is 6.81. The maximum Gasteiger partial charge on any atom is 0.200 e. The van der Waals surface area contributed by atoms with Gasteiger partial charge < -0.3 is 9.64 Å². The minimum Gasteiger partial charge on any atom is -0.465 e. The summed E-state index contributed by atoms with van der Waals surface area (Å²) in [6, 6.07) is 12.9. The van der Waals surface area contributed by atoms with Gasteiger partial charge in [0.05, 0.1) is 16.2 Å². The van der Waals surface area contributed by atoms with Crippen LogP contribution in [0.15, 0.2) is 54.9 Å². The molecule has 0 radical (unpaired) electrons. The predicted molar refractivity (Wildman–Crippen MR) is 131 cm³/mol. The fourth-order valence-corrected chi connectivity index (χ4v) is 6.49. The van der Waals surface area contributed by atoms with Gasteiger partial charge in [-0.05, 0) is 58.7 Å². The van der Waals surface area contributed by atoms with Crippen molar-refractivity contribution in [2.24, 2.45) is 5.10 Å². The first-order chi connectivity index (χ1) is 14.5. The van der Waals surface area contributed by atoms with Crippen molar-refractivity contribution in [3.05, 3.63) is 60.9 Å². The molecule has 0 aromatic heterocycles. The minimum absolute atomic E-state index is 0.193. The number of halogens is 3. The van der Waals surface area contributed by atoms with Gasteiger partial charge in [0.2, 0.25) is 5.72 Å². The summed E-state index contributed by atoms with van der Waals surface area (Å²) >= 11 is 11.0. The van der Waals surface area contributed by atoms with Crippen LogP contribution in [0.25, 0.3) is 0 Å². The Bertz CT molecular complexity index is 984. The van der Waals surface area contributed by atoms with E-state index in [2.05, 4.69) is 101 Å². The van der Waals surface area contributed by atoms with Crippen LogP contribution in [0.3, 0.4) is 0 Å². The second kappa shape index (κ2) is 8.23. The molecule has 5 rings (SSSR count). The summed E-state index contributed by atoms with van der Waals surface area (Å²) in [6.07, 6.45) is 4.00. The lowest BCUT2D eigenvalue weighted by molar-refractivity contribution is -0.150. The van der Waals surface area contributed by atoms with Crippen LogP contribution in [-0.2, 0) is 0 Å². The van der Waals surface area contributed by atoms with Gasteiger partial charge in [0, 0.05) is 46.9 Å². The molecule has 1 fully saturated rings. The summed E-state index contributed by atoms with van der Waals surface area (Å²) in [6.45, 7) is 5.49. The van der Waals surface area contributed by atoms with E-state index in [0.29, 0.717) is 0 Å². The smallest absolute Gasteiger partial charge is 0.200 e. The highest BCUT2D eigenvalue weighted by molar-refractivity contribution is 9.11. The largest absolute Gasteiger partial charge is 0.465 e. The third-order valence-corrected chi connectivity index (χ3v) is 7.95. The Morgan fingerprint density at radius 3 is 2.50 bits per heavy atom. The molecule has 7 heteroatoms. The molecular weight excluding hydrogens is 574 g/mol. The quantitative estimate of drug-likeness (QED) is 0.393. The second-order valence-corrected chi connectivity index (χ2v) is 11.0. The minimum atomic E-state index is -0.380. The SMILES string of the molecule is CCCN1CCC2(CC1)Oc1c(Br)cc(Br)cc1[C@@H]1CC(c3ccc(Br)cc3)=NN12. The Balaban J connectivity index is 1.55. The monoisotopic (exact) mass is 595 g/mol. The molecule has 0 saturated carbocycles. The zero-order chi connectivity index (χ0) is 20.9. The molecule has 3 aliphatic heterocycles. The Kier molecular flexibility index (Phi) is 5.75. The van der Waals surface area contributed by atoms with Crippen LogP contribution in [0.2, 0.25) is 0 Å². The summed E-state index contributed by atoms with van der Waals surface area (Å²) in [7, 11) is 0. The number of hydrazone groups is 1. The summed E-state index contributed by atoms with van der Waals surface area (Å²) in [5, 5.41) is 7.46. The first-order valence-corrected chi connectivity index (χ1v) is 12.9. The first kappa shape index (κ1) is 21.0. The van der Waals surface area contributed by atoms with E-state index >= 15 is 0 Å². The Labute approximate surface area is 203 Å². The molecule has 2 aromatic rings. The Hall–Kier alpha value is -0.890. The molecule has 1 saturated heterocycles. The third kappa shape index (κ3) is 3.65. The van der Waals surface area contributed by atoms with Crippen molar-refractivity contribution in [2.75, 3.05) is 19.6 Å². The van der Waals surface area contributed by atoms with Crippen LogP contribution in [-0.4, -0.2) is 41.0 Å². The molecule has 1 atom stereocenters. The molecule has 30 heavy (non-hydrogen) atoms. The molecule has 0 amide bonds. The Morgan fingerprint density at radius 2 is 1.80 bits per heavy atom. The van der Waals surface area contributed by atoms with Crippen molar-refractivity contribution in [3.63, 3.8) is 0 Å². The number of ether oxygens (including phenoxy) is 1. The molecule has 4 nitrogen and oxygen atoms in total. The molecule has 0 N–H and O–H groups in total. The molecule has 158 valence electrons. The lowest BCUT2D eigenvalue weighted by atomic mass is 9.90. The van der Waals surface area contributed by atoms with Gasteiger partial charge >= 0.3 is 0 Å². The van der Waals surface area contributed by atoms with Crippen LogP contribution in [0.4, 0.5) is 0 Å².